The van der Waals surface area contributed by atoms with Crippen molar-refractivity contribution in [2.75, 3.05) is 32.7 Å². The number of rotatable bonds is 5. The molecule has 0 saturated carbocycles. The van der Waals surface area contributed by atoms with Crippen LogP contribution in [-0.2, 0) is 12.8 Å². The van der Waals surface area contributed by atoms with Crippen LogP contribution >= 0.6 is 0 Å². The Morgan fingerprint density at radius 3 is 2.40 bits per heavy atom. The molecule has 1 aliphatic carbocycles. The molecule has 0 spiro atoms. The van der Waals surface area contributed by atoms with Gasteiger partial charge in [-0.2, -0.15) is 0 Å². The maximum Gasteiger partial charge on any atom is 0.0777 e. The van der Waals surface area contributed by atoms with Crippen LogP contribution in [0.25, 0.3) is 0 Å². The molecule has 25 heavy (non-hydrogen) atoms. The van der Waals surface area contributed by atoms with E-state index in [1.54, 1.807) is 0 Å². The molecule has 132 valence electrons. The second kappa shape index (κ2) is 7.69. The van der Waals surface area contributed by atoms with Crippen LogP contribution in [0.2, 0.25) is 0 Å². The minimum atomic E-state index is -0.248. The zero-order valence-corrected chi connectivity index (χ0v) is 14.8. The van der Waals surface area contributed by atoms with E-state index in [9.17, 15) is 5.11 Å². The van der Waals surface area contributed by atoms with Crippen LogP contribution in [0.1, 0.15) is 29.2 Å². The molecule has 0 unspecified atom stereocenters. The Hall–Kier alpha value is -1.68. The average molecular weight is 336 g/mol. The summed E-state index contributed by atoms with van der Waals surface area (Å²) in [5, 5.41) is 10.5. The molecule has 3 nitrogen and oxygen atoms in total. The predicted octanol–water partition coefficient (Wildman–Crippen LogP) is 2.90. The summed E-state index contributed by atoms with van der Waals surface area (Å²) in [6.45, 7) is 5.51. The summed E-state index contributed by atoms with van der Waals surface area (Å²) in [7, 11) is 0. The fourth-order valence-corrected chi connectivity index (χ4v) is 4.41. The summed E-state index contributed by atoms with van der Waals surface area (Å²) < 4.78 is 0. The van der Waals surface area contributed by atoms with E-state index >= 15 is 0 Å². The molecule has 2 aromatic carbocycles. The van der Waals surface area contributed by atoms with Gasteiger partial charge in [0.25, 0.3) is 0 Å². The van der Waals surface area contributed by atoms with Crippen LogP contribution in [0.15, 0.2) is 54.6 Å². The molecule has 2 aliphatic rings. The molecule has 1 saturated heterocycles. The molecule has 1 aliphatic heterocycles. The van der Waals surface area contributed by atoms with Gasteiger partial charge < -0.3 is 10.0 Å². The van der Waals surface area contributed by atoms with E-state index in [2.05, 4.69) is 64.4 Å². The number of piperazine rings is 1. The van der Waals surface area contributed by atoms with Gasteiger partial charge >= 0.3 is 0 Å². The smallest absolute Gasteiger partial charge is 0.0777 e. The minimum Gasteiger partial charge on any atom is -0.391 e. The van der Waals surface area contributed by atoms with Gasteiger partial charge in [0.1, 0.15) is 0 Å². The molecular formula is C22H28N2O. The summed E-state index contributed by atoms with van der Waals surface area (Å²) in [4.78, 5) is 5.07. The standard InChI is InChI=1S/C22H28N2O/c25-21-17-19-10-4-5-11-20(19)22(21)24-15-13-23(14-16-24)12-6-9-18-7-2-1-3-8-18/h1-5,7-8,10-11,21-22,25H,6,9,12-17H2/t21-,22+/m0/s1. The number of nitrogens with zero attached hydrogens (tertiary/aromatic N) is 2. The molecule has 1 fully saturated rings. The monoisotopic (exact) mass is 336 g/mol. The zero-order valence-electron chi connectivity index (χ0n) is 14.8. The Kier molecular flexibility index (Phi) is 5.16. The fraction of sp³-hybridized carbons (Fsp3) is 0.455. The number of aliphatic hydroxyl groups excluding tert-OH is 1. The summed E-state index contributed by atoms with van der Waals surface area (Å²) in [6, 6.07) is 19.5. The molecule has 2 aromatic rings. The van der Waals surface area contributed by atoms with Crippen molar-refractivity contribution < 1.29 is 5.11 Å². The van der Waals surface area contributed by atoms with Gasteiger partial charge in [0.2, 0.25) is 0 Å². The Labute approximate surface area is 150 Å². The van der Waals surface area contributed by atoms with Crippen LogP contribution in [0.3, 0.4) is 0 Å². The van der Waals surface area contributed by atoms with Crippen LogP contribution in [0.4, 0.5) is 0 Å². The average Bonchev–Trinajstić information content (AvgIpc) is 2.99. The van der Waals surface area contributed by atoms with E-state index in [0.29, 0.717) is 0 Å². The number of hydrogen-bond acceptors (Lipinski definition) is 3. The van der Waals surface area contributed by atoms with Crippen molar-refractivity contribution in [3.05, 3.63) is 71.3 Å². The first-order valence-corrected chi connectivity index (χ1v) is 9.57. The quantitative estimate of drug-likeness (QED) is 0.909. The minimum absolute atomic E-state index is 0.197. The highest BCUT2D eigenvalue weighted by Crippen LogP contribution is 2.36. The number of hydrogen-bond donors (Lipinski definition) is 1. The van der Waals surface area contributed by atoms with Gasteiger partial charge in [0, 0.05) is 32.6 Å². The highest BCUT2D eigenvalue weighted by Gasteiger charge is 2.36. The van der Waals surface area contributed by atoms with Crippen molar-refractivity contribution in [1.82, 2.24) is 9.80 Å². The van der Waals surface area contributed by atoms with E-state index < -0.39 is 0 Å². The van der Waals surface area contributed by atoms with Gasteiger partial charge in [-0.1, -0.05) is 54.6 Å². The fourth-order valence-electron chi connectivity index (χ4n) is 4.41. The largest absolute Gasteiger partial charge is 0.391 e. The first-order chi connectivity index (χ1) is 12.3. The van der Waals surface area contributed by atoms with E-state index in [4.69, 9.17) is 0 Å². The molecule has 1 heterocycles. The van der Waals surface area contributed by atoms with Crippen LogP contribution in [-0.4, -0.2) is 53.7 Å². The zero-order chi connectivity index (χ0) is 17.1. The Balaban J connectivity index is 1.27. The lowest BCUT2D eigenvalue weighted by atomic mass is 10.0. The van der Waals surface area contributed by atoms with E-state index in [-0.39, 0.29) is 12.1 Å². The van der Waals surface area contributed by atoms with Gasteiger partial charge in [-0.25, -0.2) is 0 Å². The van der Waals surface area contributed by atoms with Crippen molar-refractivity contribution in [3.8, 4) is 0 Å². The summed E-state index contributed by atoms with van der Waals surface area (Å²) in [5.74, 6) is 0. The molecule has 4 rings (SSSR count). The molecular weight excluding hydrogens is 308 g/mol. The lowest BCUT2D eigenvalue weighted by Gasteiger charge is -2.39. The maximum atomic E-state index is 10.5. The van der Waals surface area contributed by atoms with Gasteiger partial charge in [0.15, 0.2) is 0 Å². The van der Waals surface area contributed by atoms with Crippen molar-refractivity contribution in [2.24, 2.45) is 0 Å². The van der Waals surface area contributed by atoms with Crippen molar-refractivity contribution in [2.45, 2.75) is 31.4 Å². The van der Waals surface area contributed by atoms with Crippen LogP contribution < -0.4 is 0 Å². The molecule has 1 N–H and O–H groups in total. The number of aryl methyl sites for hydroxylation is 1. The topological polar surface area (TPSA) is 26.7 Å². The summed E-state index contributed by atoms with van der Waals surface area (Å²) in [5.41, 5.74) is 4.10. The predicted molar refractivity (Wildman–Crippen MR) is 102 cm³/mol. The first kappa shape index (κ1) is 16.8. The molecule has 0 bridgehead atoms. The summed E-state index contributed by atoms with van der Waals surface area (Å²) >= 11 is 0. The highest BCUT2D eigenvalue weighted by atomic mass is 16.3. The van der Waals surface area contributed by atoms with Crippen LogP contribution in [0.5, 0.6) is 0 Å². The second-order valence-electron chi connectivity index (χ2n) is 7.38. The van der Waals surface area contributed by atoms with Gasteiger partial charge in [-0.05, 0) is 36.1 Å². The highest BCUT2D eigenvalue weighted by molar-refractivity contribution is 5.36. The third-order valence-electron chi connectivity index (χ3n) is 5.75. The van der Waals surface area contributed by atoms with Gasteiger partial charge in [0.05, 0.1) is 12.1 Å². The Morgan fingerprint density at radius 1 is 0.880 bits per heavy atom. The molecule has 0 amide bonds. The SMILES string of the molecule is O[C@H]1Cc2ccccc2[C@H]1N1CCN(CCCc2ccccc2)CC1. The van der Waals surface area contributed by atoms with Crippen molar-refractivity contribution >= 4 is 0 Å². The normalized spacial score (nSPS) is 24.4. The number of fused-ring (bicyclic) bond motifs is 1. The lowest BCUT2D eigenvalue weighted by molar-refractivity contribution is 0.0274. The van der Waals surface area contributed by atoms with Gasteiger partial charge in [-0.15, -0.1) is 0 Å². The van der Waals surface area contributed by atoms with E-state index in [0.717, 1.165) is 39.0 Å². The number of aliphatic hydroxyl groups is 1. The number of benzene rings is 2. The third-order valence-corrected chi connectivity index (χ3v) is 5.75. The van der Waals surface area contributed by atoms with Gasteiger partial charge in [-0.3, -0.25) is 4.90 Å². The first-order valence-electron chi connectivity index (χ1n) is 9.57. The molecule has 3 heteroatoms. The lowest BCUT2D eigenvalue weighted by Crippen LogP contribution is -2.49. The van der Waals surface area contributed by atoms with Crippen molar-refractivity contribution in [1.29, 1.82) is 0 Å². The molecule has 2 atom stereocenters. The van der Waals surface area contributed by atoms with Crippen LogP contribution in [0, 0.1) is 0 Å². The van der Waals surface area contributed by atoms with E-state index in [1.165, 1.54) is 29.7 Å². The maximum absolute atomic E-state index is 10.5. The van der Waals surface area contributed by atoms with Crippen molar-refractivity contribution in [3.63, 3.8) is 0 Å². The summed E-state index contributed by atoms with van der Waals surface area (Å²) in [6.07, 6.45) is 2.94. The Bertz CT molecular complexity index is 679. The Morgan fingerprint density at radius 2 is 1.60 bits per heavy atom. The van der Waals surface area contributed by atoms with E-state index in [1.807, 2.05) is 0 Å². The second-order valence-corrected chi connectivity index (χ2v) is 7.38. The molecule has 0 aromatic heterocycles. The third kappa shape index (κ3) is 3.79. The molecule has 0 radical (unpaired) electrons.